The van der Waals surface area contributed by atoms with Crippen LogP contribution >= 0.6 is 0 Å². The predicted molar refractivity (Wildman–Crippen MR) is 120 cm³/mol. The fourth-order valence-electron chi connectivity index (χ4n) is 6.66. The van der Waals surface area contributed by atoms with Gasteiger partial charge in [0.1, 0.15) is 0 Å². The lowest BCUT2D eigenvalue weighted by Gasteiger charge is -2.47. The first-order chi connectivity index (χ1) is 15.0. The van der Waals surface area contributed by atoms with E-state index in [0.29, 0.717) is 24.7 Å². The van der Waals surface area contributed by atoms with Crippen LogP contribution in [0.1, 0.15) is 64.4 Å². The van der Waals surface area contributed by atoms with E-state index >= 15 is 0 Å². The van der Waals surface area contributed by atoms with Crippen LogP contribution in [0.3, 0.4) is 0 Å². The third kappa shape index (κ3) is 3.53. The molecule has 0 N–H and O–H groups in total. The van der Waals surface area contributed by atoms with E-state index in [1.807, 2.05) is 17.9 Å². The molecule has 3 saturated heterocycles. The molecule has 31 heavy (non-hydrogen) atoms. The zero-order chi connectivity index (χ0) is 21.6. The number of benzene rings is 1. The van der Waals surface area contributed by atoms with E-state index in [1.165, 1.54) is 5.56 Å². The van der Waals surface area contributed by atoms with Crippen LogP contribution < -0.4 is 4.90 Å². The standard InChI is InChI=1S/C25H35N3O3/c1-3-14-31-24(30)28-19-8-9-20(28)16-21(15-19)26-12-10-25(11-13-26)17-27(18(2)29)23-7-5-4-6-22(23)25/h4-7,19-21H,3,8-17H2,1-2H3. The van der Waals surface area contributed by atoms with Crippen molar-refractivity contribution in [1.82, 2.24) is 9.80 Å². The second kappa shape index (κ2) is 8.12. The van der Waals surface area contributed by atoms with Crippen LogP contribution in [-0.4, -0.2) is 66.2 Å². The van der Waals surface area contributed by atoms with Gasteiger partial charge in [-0.2, -0.15) is 0 Å². The molecule has 1 aromatic carbocycles. The lowest BCUT2D eigenvalue weighted by molar-refractivity contribution is -0.116. The predicted octanol–water partition coefficient (Wildman–Crippen LogP) is 3.93. The number of hydrogen-bond donors (Lipinski definition) is 0. The highest BCUT2D eigenvalue weighted by Crippen LogP contribution is 2.48. The summed E-state index contributed by atoms with van der Waals surface area (Å²) in [6, 6.07) is 9.72. The summed E-state index contributed by atoms with van der Waals surface area (Å²) < 4.78 is 5.46. The maximum absolute atomic E-state index is 12.5. The van der Waals surface area contributed by atoms with Crippen LogP contribution in [0, 0.1) is 0 Å². The van der Waals surface area contributed by atoms with Crippen molar-refractivity contribution in [2.75, 3.05) is 31.1 Å². The van der Waals surface area contributed by atoms with Crippen molar-refractivity contribution in [3.63, 3.8) is 0 Å². The Bertz CT molecular complexity index is 834. The minimum atomic E-state index is -0.0997. The SMILES string of the molecule is CCCOC(=O)N1C2CCC1CC(N1CCC3(CC1)CN(C(C)=O)c1ccccc13)C2. The highest BCUT2D eigenvalue weighted by atomic mass is 16.6. The first-order valence-corrected chi connectivity index (χ1v) is 12.1. The first kappa shape index (κ1) is 20.8. The van der Waals surface area contributed by atoms with Gasteiger partial charge in [-0.05, 0) is 69.7 Å². The van der Waals surface area contributed by atoms with Crippen molar-refractivity contribution in [1.29, 1.82) is 0 Å². The highest BCUT2D eigenvalue weighted by molar-refractivity contribution is 5.94. The van der Waals surface area contributed by atoms with Gasteiger partial charge in [-0.25, -0.2) is 4.79 Å². The van der Waals surface area contributed by atoms with E-state index in [1.54, 1.807) is 6.92 Å². The second-order valence-electron chi connectivity index (χ2n) is 9.97. The summed E-state index contributed by atoms with van der Waals surface area (Å²) in [4.78, 5) is 31.5. The molecule has 6 nitrogen and oxygen atoms in total. The minimum Gasteiger partial charge on any atom is -0.449 e. The van der Waals surface area contributed by atoms with Gasteiger partial charge in [0.05, 0.1) is 6.61 Å². The van der Waals surface area contributed by atoms with E-state index in [2.05, 4.69) is 28.0 Å². The number of piperidine rings is 2. The van der Waals surface area contributed by atoms with Gasteiger partial charge in [-0.1, -0.05) is 25.1 Å². The number of ether oxygens (including phenoxy) is 1. The molecule has 2 amide bonds. The first-order valence-electron chi connectivity index (χ1n) is 12.1. The molecule has 3 fully saturated rings. The summed E-state index contributed by atoms with van der Waals surface area (Å²) in [5.74, 6) is 0.144. The van der Waals surface area contributed by atoms with Gasteiger partial charge in [0.25, 0.3) is 0 Å². The van der Waals surface area contributed by atoms with Gasteiger partial charge in [0.15, 0.2) is 0 Å². The number of carbonyl (C=O) groups is 2. The molecule has 0 radical (unpaired) electrons. The largest absolute Gasteiger partial charge is 0.449 e. The Morgan fingerprint density at radius 2 is 1.74 bits per heavy atom. The Morgan fingerprint density at radius 3 is 2.39 bits per heavy atom. The number of anilines is 1. The third-order valence-electron chi connectivity index (χ3n) is 8.23. The molecule has 168 valence electrons. The molecular formula is C25H35N3O3. The van der Waals surface area contributed by atoms with Crippen molar-refractivity contribution < 1.29 is 14.3 Å². The van der Waals surface area contributed by atoms with Crippen LogP contribution in [0.5, 0.6) is 0 Å². The lowest BCUT2D eigenvalue weighted by Crippen LogP contribution is -2.55. The number of fused-ring (bicyclic) bond motifs is 4. The molecule has 4 aliphatic heterocycles. The minimum absolute atomic E-state index is 0.0996. The average molecular weight is 426 g/mol. The molecular weight excluding hydrogens is 390 g/mol. The molecule has 6 heteroatoms. The summed E-state index contributed by atoms with van der Waals surface area (Å²) in [6.45, 7) is 7.21. The van der Waals surface area contributed by atoms with Crippen LogP contribution in [0.2, 0.25) is 0 Å². The van der Waals surface area contributed by atoms with Crippen LogP contribution in [0.25, 0.3) is 0 Å². The number of nitrogens with zero attached hydrogens (tertiary/aromatic N) is 3. The van der Waals surface area contributed by atoms with Crippen molar-refractivity contribution >= 4 is 17.7 Å². The normalized spacial score (nSPS) is 29.3. The number of carbonyl (C=O) groups excluding carboxylic acids is 2. The topological polar surface area (TPSA) is 53.1 Å². The maximum atomic E-state index is 12.5. The Morgan fingerprint density at radius 1 is 1.06 bits per heavy atom. The maximum Gasteiger partial charge on any atom is 0.410 e. The average Bonchev–Trinajstić information content (AvgIpc) is 3.24. The van der Waals surface area contributed by atoms with E-state index in [4.69, 9.17) is 4.74 Å². The molecule has 1 aromatic rings. The van der Waals surface area contributed by atoms with Gasteiger partial charge in [0.2, 0.25) is 5.91 Å². The van der Waals surface area contributed by atoms with Crippen LogP contribution in [-0.2, 0) is 14.9 Å². The van der Waals surface area contributed by atoms with Crippen molar-refractivity contribution in [3.05, 3.63) is 29.8 Å². The van der Waals surface area contributed by atoms with Crippen molar-refractivity contribution in [2.45, 2.75) is 82.3 Å². The summed E-state index contributed by atoms with van der Waals surface area (Å²) in [6.07, 6.45) is 7.34. The molecule has 0 saturated carbocycles. The van der Waals surface area contributed by atoms with E-state index in [9.17, 15) is 9.59 Å². The Balaban J connectivity index is 1.24. The summed E-state index contributed by atoms with van der Waals surface area (Å²) in [7, 11) is 0. The van der Waals surface area contributed by atoms with Gasteiger partial charge < -0.3 is 19.4 Å². The highest BCUT2D eigenvalue weighted by Gasteiger charge is 2.49. The zero-order valence-corrected chi connectivity index (χ0v) is 18.9. The molecule has 2 bridgehead atoms. The number of rotatable bonds is 3. The van der Waals surface area contributed by atoms with Crippen LogP contribution in [0.15, 0.2) is 24.3 Å². The molecule has 0 aliphatic carbocycles. The Hall–Kier alpha value is -2.08. The van der Waals surface area contributed by atoms with E-state index in [0.717, 1.165) is 70.3 Å². The fourth-order valence-corrected chi connectivity index (χ4v) is 6.66. The molecule has 4 heterocycles. The molecule has 5 rings (SSSR count). The van der Waals surface area contributed by atoms with Gasteiger partial charge in [0, 0.05) is 42.7 Å². The quantitative estimate of drug-likeness (QED) is 0.736. The summed E-state index contributed by atoms with van der Waals surface area (Å²) >= 11 is 0. The number of para-hydroxylation sites is 1. The van der Waals surface area contributed by atoms with Crippen molar-refractivity contribution in [2.24, 2.45) is 0 Å². The van der Waals surface area contributed by atoms with Gasteiger partial charge >= 0.3 is 6.09 Å². The molecule has 2 unspecified atom stereocenters. The third-order valence-corrected chi connectivity index (χ3v) is 8.23. The molecule has 2 atom stereocenters. The zero-order valence-electron chi connectivity index (χ0n) is 18.9. The van der Waals surface area contributed by atoms with Crippen molar-refractivity contribution in [3.8, 4) is 0 Å². The lowest BCUT2D eigenvalue weighted by atomic mass is 9.73. The molecule has 1 spiro atoms. The number of hydrogen-bond acceptors (Lipinski definition) is 4. The van der Waals surface area contributed by atoms with E-state index in [-0.39, 0.29) is 17.4 Å². The Kier molecular flexibility index (Phi) is 5.45. The number of likely N-dealkylation sites (tertiary alicyclic amines) is 1. The monoisotopic (exact) mass is 425 g/mol. The fraction of sp³-hybridized carbons (Fsp3) is 0.680. The smallest absolute Gasteiger partial charge is 0.410 e. The van der Waals surface area contributed by atoms with Gasteiger partial charge in [-0.3, -0.25) is 4.79 Å². The van der Waals surface area contributed by atoms with Crippen LogP contribution in [0.4, 0.5) is 10.5 Å². The molecule has 4 aliphatic rings. The van der Waals surface area contributed by atoms with E-state index < -0.39 is 0 Å². The molecule has 0 aromatic heterocycles. The summed E-state index contributed by atoms with van der Waals surface area (Å²) in [5, 5.41) is 0. The number of amides is 2. The van der Waals surface area contributed by atoms with Gasteiger partial charge in [-0.15, -0.1) is 0 Å². The second-order valence-corrected chi connectivity index (χ2v) is 9.97. The Labute approximate surface area is 185 Å². The summed E-state index contributed by atoms with van der Waals surface area (Å²) in [5.41, 5.74) is 2.57.